The highest BCUT2D eigenvalue weighted by Gasteiger charge is 2.53. The first-order valence-electron chi connectivity index (χ1n) is 7.89. The molecule has 1 aliphatic rings. The highest BCUT2D eigenvalue weighted by molar-refractivity contribution is 7.87. The van der Waals surface area contributed by atoms with Gasteiger partial charge in [-0.1, -0.05) is 6.42 Å². The first-order chi connectivity index (χ1) is 12.2. The van der Waals surface area contributed by atoms with Crippen LogP contribution in [-0.4, -0.2) is 94.0 Å². The van der Waals surface area contributed by atoms with E-state index in [4.69, 9.17) is 26.6 Å². The van der Waals surface area contributed by atoms with Gasteiger partial charge in [-0.05, 0) is 12.7 Å². The van der Waals surface area contributed by atoms with Crippen molar-refractivity contribution in [3.63, 3.8) is 0 Å². The summed E-state index contributed by atoms with van der Waals surface area (Å²) < 4.78 is 26.0. The van der Waals surface area contributed by atoms with Crippen molar-refractivity contribution in [2.24, 2.45) is 17.4 Å². The lowest BCUT2D eigenvalue weighted by Crippen LogP contribution is -2.56. The minimum Gasteiger partial charge on any atom is -0.480 e. The molecule has 0 bridgehead atoms. The van der Waals surface area contributed by atoms with Crippen LogP contribution >= 0.6 is 0 Å². The molecule has 1 saturated heterocycles. The number of carboxylic acid groups (broad SMARTS) is 2. The van der Waals surface area contributed by atoms with Gasteiger partial charge in [0.15, 0.2) is 6.04 Å². The van der Waals surface area contributed by atoms with Crippen LogP contribution in [0, 0.1) is 5.92 Å². The molecule has 27 heavy (non-hydrogen) atoms. The number of carboxylic acids is 2. The summed E-state index contributed by atoms with van der Waals surface area (Å²) >= 11 is 0. The summed E-state index contributed by atoms with van der Waals surface area (Å²) in [6, 6.07) is -2.10. The largest absolute Gasteiger partial charge is 0.480 e. The maximum absolute atomic E-state index is 12.6. The number of nitrogens with zero attached hydrogens (tertiary/aromatic N) is 2. The van der Waals surface area contributed by atoms with Gasteiger partial charge in [0.25, 0.3) is 5.91 Å². The average Bonchev–Trinajstić information content (AvgIpc) is 2.91. The molecule has 0 radical (unpaired) electrons. The van der Waals surface area contributed by atoms with Crippen molar-refractivity contribution in [1.82, 2.24) is 8.61 Å². The van der Waals surface area contributed by atoms with Crippen molar-refractivity contribution < 1.29 is 43.1 Å². The Hall–Kier alpha value is -1.78. The molecule has 0 aromatic carbocycles. The Morgan fingerprint density at radius 1 is 1.33 bits per heavy atom. The molecule has 1 fully saturated rings. The standard InChI is InChI=1S/C12H23BN4O9S/c1-16(9(18)8(14)10(19)20)27(25,26)17-5-7(3-2-4-13(23)24)12(15,6-17)11(21)22/h7-8,23-24H,2-6,14-15H2,1H3,(H,19,20)(H,21,22)/t7-,8?,12-/m0/s1. The fourth-order valence-electron chi connectivity index (χ4n) is 2.80. The molecule has 154 valence electrons. The third-order valence-corrected chi connectivity index (χ3v) is 6.32. The van der Waals surface area contributed by atoms with E-state index in [1.54, 1.807) is 0 Å². The lowest BCUT2D eigenvalue weighted by Gasteiger charge is -2.26. The average molecular weight is 410 g/mol. The predicted molar refractivity (Wildman–Crippen MR) is 91.2 cm³/mol. The Morgan fingerprint density at radius 3 is 2.33 bits per heavy atom. The zero-order chi connectivity index (χ0) is 21.2. The van der Waals surface area contributed by atoms with Gasteiger partial charge in [-0.3, -0.25) is 9.59 Å². The van der Waals surface area contributed by atoms with E-state index in [1.807, 2.05) is 0 Å². The van der Waals surface area contributed by atoms with Crippen LogP contribution in [0.15, 0.2) is 0 Å². The number of likely N-dealkylation sites (N-methyl/N-ethyl adjacent to an activating group) is 1. The van der Waals surface area contributed by atoms with Gasteiger partial charge in [0, 0.05) is 26.1 Å². The lowest BCUT2D eigenvalue weighted by atomic mass is 9.78. The van der Waals surface area contributed by atoms with Crippen molar-refractivity contribution in [2.45, 2.75) is 30.7 Å². The van der Waals surface area contributed by atoms with Gasteiger partial charge in [-0.15, -0.1) is 0 Å². The van der Waals surface area contributed by atoms with Gasteiger partial charge in [-0.25, -0.2) is 9.10 Å². The summed E-state index contributed by atoms with van der Waals surface area (Å²) in [4.78, 5) is 34.3. The summed E-state index contributed by atoms with van der Waals surface area (Å²) in [6.07, 6.45) is 0.227. The van der Waals surface area contributed by atoms with Crippen molar-refractivity contribution in [3.05, 3.63) is 0 Å². The maximum atomic E-state index is 12.6. The summed E-state index contributed by atoms with van der Waals surface area (Å²) in [5, 5.41) is 35.9. The van der Waals surface area contributed by atoms with Gasteiger partial charge in [0.1, 0.15) is 5.54 Å². The first-order valence-corrected chi connectivity index (χ1v) is 9.29. The van der Waals surface area contributed by atoms with E-state index in [0.717, 1.165) is 7.05 Å². The van der Waals surface area contributed by atoms with Crippen LogP contribution < -0.4 is 11.5 Å². The number of hydrogen-bond acceptors (Lipinski definition) is 9. The Morgan fingerprint density at radius 2 is 1.89 bits per heavy atom. The fourth-order valence-corrected chi connectivity index (χ4v) is 4.23. The Bertz CT molecular complexity index is 703. The normalized spacial score (nSPS) is 24.4. The SMILES string of the molecule is CN(C(=O)C(N)C(=O)O)S(=O)(=O)N1C[C@H](CCCB(O)O)[C@](N)(C(=O)O)C1. The van der Waals surface area contributed by atoms with E-state index in [0.29, 0.717) is 4.31 Å². The maximum Gasteiger partial charge on any atom is 0.451 e. The van der Waals surface area contributed by atoms with Crippen molar-refractivity contribution in [3.8, 4) is 0 Å². The van der Waals surface area contributed by atoms with E-state index in [9.17, 15) is 27.9 Å². The fraction of sp³-hybridized carbons (Fsp3) is 0.750. The molecule has 0 spiro atoms. The summed E-state index contributed by atoms with van der Waals surface area (Å²) in [5.74, 6) is -5.43. The predicted octanol–water partition coefficient (Wildman–Crippen LogP) is -3.93. The highest BCUT2D eigenvalue weighted by atomic mass is 32.2. The minimum absolute atomic E-state index is 0.0508. The van der Waals surface area contributed by atoms with Crippen molar-refractivity contribution in [2.75, 3.05) is 20.1 Å². The summed E-state index contributed by atoms with van der Waals surface area (Å²) in [6.45, 7) is -0.983. The highest BCUT2D eigenvalue weighted by Crippen LogP contribution is 2.32. The van der Waals surface area contributed by atoms with Crippen LogP contribution in [0.5, 0.6) is 0 Å². The van der Waals surface area contributed by atoms with E-state index < -0.39 is 59.2 Å². The molecule has 0 aromatic heterocycles. The second-order valence-corrected chi connectivity index (χ2v) is 8.34. The molecule has 13 nitrogen and oxygen atoms in total. The van der Waals surface area contributed by atoms with E-state index in [2.05, 4.69) is 0 Å². The zero-order valence-electron chi connectivity index (χ0n) is 14.6. The molecule has 8 N–H and O–H groups in total. The van der Waals surface area contributed by atoms with Crippen molar-refractivity contribution >= 4 is 35.2 Å². The molecule has 0 saturated carbocycles. The van der Waals surface area contributed by atoms with Crippen LogP contribution in [0.3, 0.4) is 0 Å². The van der Waals surface area contributed by atoms with E-state index in [1.165, 1.54) is 0 Å². The summed E-state index contributed by atoms with van der Waals surface area (Å²) in [7, 11) is -5.34. The number of nitrogens with two attached hydrogens (primary N) is 2. The first kappa shape index (κ1) is 23.3. The Balaban J connectivity index is 3.03. The summed E-state index contributed by atoms with van der Waals surface area (Å²) in [5.41, 5.74) is 9.07. The van der Waals surface area contributed by atoms with Crippen molar-refractivity contribution in [1.29, 1.82) is 0 Å². The molecule has 3 atom stereocenters. The number of carbonyl (C=O) groups excluding carboxylic acids is 1. The molecule has 15 heteroatoms. The van der Waals surface area contributed by atoms with Gasteiger partial charge in [-0.2, -0.15) is 12.7 Å². The molecular formula is C12H23BN4O9S. The Labute approximate surface area is 155 Å². The number of carbonyl (C=O) groups is 3. The van der Waals surface area contributed by atoms with Gasteiger partial charge < -0.3 is 31.7 Å². The molecule has 1 heterocycles. The van der Waals surface area contributed by atoms with Gasteiger partial charge in [0.2, 0.25) is 0 Å². The third kappa shape index (κ3) is 4.94. The third-order valence-electron chi connectivity index (χ3n) is 4.52. The molecule has 1 aliphatic heterocycles. The zero-order valence-corrected chi connectivity index (χ0v) is 15.4. The lowest BCUT2D eigenvalue weighted by molar-refractivity contribution is -0.145. The number of rotatable bonds is 9. The second kappa shape index (κ2) is 8.49. The van der Waals surface area contributed by atoms with E-state index >= 15 is 0 Å². The molecular weight excluding hydrogens is 387 g/mol. The van der Waals surface area contributed by atoms with Crippen LogP contribution in [-0.2, 0) is 24.6 Å². The van der Waals surface area contributed by atoms with E-state index in [-0.39, 0.29) is 30.0 Å². The van der Waals surface area contributed by atoms with Crippen LogP contribution in [0.25, 0.3) is 0 Å². The van der Waals surface area contributed by atoms with Crippen LogP contribution in [0.1, 0.15) is 12.8 Å². The number of hydrogen-bond donors (Lipinski definition) is 6. The molecule has 1 unspecified atom stereocenters. The molecule has 0 aliphatic carbocycles. The molecule has 1 amide bonds. The molecule has 1 rings (SSSR count). The van der Waals surface area contributed by atoms with Gasteiger partial charge in [0.05, 0.1) is 0 Å². The molecule has 0 aromatic rings. The number of aliphatic carboxylic acids is 2. The topological polar surface area (TPSA) is 225 Å². The monoisotopic (exact) mass is 410 g/mol. The smallest absolute Gasteiger partial charge is 0.451 e. The quantitative estimate of drug-likeness (QED) is 0.159. The number of amides is 1. The second-order valence-electron chi connectivity index (χ2n) is 6.38. The van der Waals surface area contributed by atoms with Crippen LogP contribution in [0.4, 0.5) is 0 Å². The van der Waals surface area contributed by atoms with Gasteiger partial charge >= 0.3 is 29.3 Å². The Kier molecular flexibility index (Phi) is 7.32. The minimum atomic E-state index is -4.56. The van der Waals surface area contributed by atoms with Crippen LogP contribution in [0.2, 0.25) is 6.32 Å².